The molecular formula is C24H26ClF2N5O3. The maximum Gasteiger partial charge on any atom is 0.382 e. The molecule has 2 heterocycles. The fourth-order valence-corrected chi connectivity index (χ4v) is 5.27. The zero-order valence-electron chi connectivity index (χ0n) is 19.0. The van der Waals surface area contributed by atoms with Gasteiger partial charge in [0.1, 0.15) is 0 Å². The molecule has 2 saturated carbocycles. The van der Waals surface area contributed by atoms with Crippen molar-refractivity contribution < 1.29 is 23.8 Å². The third-order valence-corrected chi connectivity index (χ3v) is 7.54. The van der Waals surface area contributed by atoms with E-state index in [1.807, 2.05) is 12.1 Å². The monoisotopic (exact) mass is 505 g/mol. The summed E-state index contributed by atoms with van der Waals surface area (Å²) in [5, 5.41) is 33.8. The lowest BCUT2D eigenvalue weighted by molar-refractivity contribution is -0.335. The molecule has 1 atom stereocenters. The average molecular weight is 506 g/mol. The van der Waals surface area contributed by atoms with Gasteiger partial charge in [0, 0.05) is 30.5 Å². The van der Waals surface area contributed by atoms with E-state index in [0.29, 0.717) is 22.2 Å². The van der Waals surface area contributed by atoms with Crippen LogP contribution in [0.5, 0.6) is 0 Å². The van der Waals surface area contributed by atoms with Crippen LogP contribution in [0.15, 0.2) is 36.5 Å². The Kier molecular flexibility index (Phi) is 5.54. The highest BCUT2D eigenvalue weighted by atomic mass is 35.5. The molecule has 1 aromatic heterocycles. The van der Waals surface area contributed by atoms with E-state index >= 15 is 0 Å². The third kappa shape index (κ3) is 4.23. The standard InChI is InChI=1S/C24H26ClF2N5O3/c1-22(11-19(33)32(21(28)31-22)15-9-23(34,10-15)24(26,27)35)16-3-2-4-18(20(16)25)30-14-7-8-17(29-12-14)13-5-6-13/h2-4,7-8,12-13,15,30,34-35H,5-6,9-11H2,1H3,(H2,28,31)/t15-,22-,23+/m0/s1. The van der Waals surface area contributed by atoms with E-state index in [4.69, 9.17) is 22.1 Å². The second kappa shape index (κ2) is 8.11. The molecule has 0 radical (unpaired) electrons. The molecule has 5 N–H and O–H groups in total. The van der Waals surface area contributed by atoms with Crippen LogP contribution < -0.4 is 10.6 Å². The Morgan fingerprint density at radius 2 is 2.00 bits per heavy atom. The number of guanidine groups is 1. The highest BCUT2D eigenvalue weighted by molar-refractivity contribution is 6.34. The van der Waals surface area contributed by atoms with Crippen molar-refractivity contribution in [1.29, 1.82) is 5.41 Å². The number of alkyl halides is 2. The van der Waals surface area contributed by atoms with Gasteiger partial charge < -0.3 is 20.8 Å². The normalized spacial score (nSPS) is 29.0. The fraction of sp³-hybridized carbons (Fsp3) is 0.458. The number of pyridine rings is 1. The zero-order chi connectivity index (χ0) is 25.2. The van der Waals surface area contributed by atoms with Crippen molar-refractivity contribution in [2.75, 3.05) is 5.32 Å². The van der Waals surface area contributed by atoms with Gasteiger partial charge in [0.05, 0.1) is 34.6 Å². The summed E-state index contributed by atoms with van der Waals surface area (Å²) in [6.45, 7) is 1.74. The molecular weight excluding hydrogens is 480 g/mol. The quantitative estimate of drug-likeness (QED) is 0.407. The number of halogens is 3. The number of nitrogens with one attached hydrogen (secondary N) is 3. The number of aliphatic hydroxyl groups is 2. The molecule has 0 bridgehead atoms. The summed E-state index contributed by atoms with van der Waals surface area (Å²) in [6, 6.07) is 8.47. The van der Waals surface area contributed by atoms with Crippen LogP contribution in [0.1, 0.15) is 56.2 Å². The van der Waals surface area contributed by atoms with Crippen LogP contribution in [0.3, 0.4) is 0 Å². The lowest BCUT2D eigenvalue weighted by Gasteiger charge is -2.52. The van der Waals surface area contributed by atoms with Crippen LogP contribution in [-0.2, 0) is 10.3 Å². The highest BCUT2D eigenvalue weighted by Crippen LogP contribution is 2.47. The van der Waals surface area contributed by atoms with Crippen LogP contribution in [0.4, 0.5) is 20.2 Å². The number of benzene rings is 1. The van der Waals surface area contributed by atoms with Gasteiger partial charge in [-0.1, -0.05) is 23.7 Å². The minimum atomic E-state index is -4.28. The summed E-state index contributed by atoms with van der Waals surface area (Å²) in [7, 11) is 0. The number of carbonyl (C=O) groups excluding carboxylic acids is 1. The van der Waals surface area contributed by atoms with Crippen molar-refractivity contribution in [3.05, 3.63) is 52.8 Å². The van der Waals surface area contributed by atoms with Gasteiger partial charge in [-0.2, -0.15) is 8.78 Å². The predicted molar refractivity (Wildman–Crippen MR) is 126 cm³/mol. The number of hydrogen-bond donors (Lipinski definition) is 5. The van der Waals surface area contributed by atoms with Crippen molar-refractivity contribution in [1.82, 2.24) is 15.2 Å². The van der Waals surface area contributed by atoms with Crippen molar-refractivity contribution in [3.63, 3.8) is 0 Å². The van der Waals surface area contributed by atoms with Gasteiger partial charge >= 0.3 is 6.11 Å². The van der Waals surface area contributed by atoms with E-state index in [-0.39, 0.29) is 12.4 Å². The molecule has 2 aliphatic carbocycles. The maximum absolute atomic E-state index is 13.2. The minimum Gasteiger partial charge on any atom is -0.381 e. The van der Waals surface area contributed by atoms with Gasteiger partial charge in [0.2, 0.25) is 5.91 Å². The third-order valence-electron chi connectivity index (χ3n) is 7.13. The summed E-state index contributed by atoms with van der Waals surface area (Å²) < 4.78 is 26.5. The number of carbonyl (C=O) groups is 1. The zero-order valence-corrected chi connectivity index (χ0v) is 19.7. The molecule has 0 spiro atoms. The van der Waals surface area contributed by atoms with E-state index in [2.05, 4.69) is 15.6 Å². The smallest absolute Gasteiger partial charge is 0.381 e. The largest absolute Gasteiger partial charge is 0.382 e. The number of hydrogen-bond acceptors (Lipinski definition) is 6. The summed E-state index contributed by atoms with van der Waals surface area (Å²) in [4.78, 5) is 18.6. The van der Waals surface area contributed by atoms with Gasteiger partial charge in [-0.25, -0.2) is 0 Å². The molecule has 3 fully saturated rings. The minimum absolute atomic E-state index is 0.0827. The van der Waals surface area contributed by atoms with Gasteiger partial charge in [-0.05, 0) is 43.5 Å². The van der Waals surface area contributed by atoms with Gasteiger partial charge in [-0.15, -0.1) is 0 Å². The number of nitrogens with zero attached hydrogens (tertiary/aromatic N) is 2. The van der Waals surface area contributed by atoms with Crippen molar-refractivity contribution >= 4 is 34.8 Å². The number of anilines is 2. The topological polar surface area (TPSA) is 122 Å². The molecule has 8 nitrogen and oxygen atoms in total. The first-order chi connectivity index (χ1) is 16.4. The second-order valence-corrected chi connectivity index (χ2v) is 10.3. The van der Waals surface area contributed by atoms with Crippen molar-refractivity contribution in [3.8, 4) is 0 Å². The lowest BCUT2D eigenvalue weighted by Crippen LogP contribution is -2.69. The molecule has 1 amide bonds. The number of amides is 1. The molecule has 1 saturated heterocycles. The SMILES string of the molecule is C[C@@]1(c2cccc(Nc3ccc(C4CC4)nc3)c2Cl)CC(=O)N([C@H]2C[C@](O)(C(O)(F)F)C2)C(=N)N1. The first kappa shape index (κ1) is 23.9. The van der Waals surface area contributed by atoms with Crippen LogP contribution >= 0.6 is 11.6 Å². The molecule has 1 aliphatic heterocycles. The Balaban J connectivity index is 1.32. The van der Waals surface area contributed by atoms with Crippen LogP contribution in [0, 0.1) is 5.41 Å². The number of rotatable bonds is 6. The van der Waals surface area contributed by atoms with Gasteiger partial charge in [-0.3, -0.25) is 20.1 Å². The maximum atomic E-state index is 13.2. The first-order valence-corrected chi connectivity index (χ1v) is 11.8. The summed E-state index contributed by atoms with van der Waals surface area (Å²) in [5.41, 5.74) is -0.574. The molecule has 11 heteroatoms. The first-order valence-electron chi connectivity index (χ1n) is 11.4. The van der Waals surface area contributed by atoms with Crippen molar-refractivity contribution in [2.45, 2.75) is 68.2 Å². The Morgan fingerprint density at radius 3 is 2.57 bits per heavy atom. The Morgan fingerprint density at radius 1 is 1.29 bits per heavy atom. The fourth-order valence-electron chi connectivity index (χ4n) is 4.88. The molecule has 5 rings (SSSR count). The molecule has 35 heavy (non-hydrogen) atoms. The van der Waals surface area contributed by atoms with Crippen LogP contribution in [0.25, 0.3) is 0 Å². The second-order valence-electron chi connectivity index (χ2n) is 9.92. The van der Waals surface area contributed by atoms with E-state index < -0.39 is 42.0 Å². The summed E-state index contributed by atoms with van der Waals surface area (Å²) in [6.07, 6.45) is -1.33. The van der Waals surface area contributed by atoms with Gasteiger partial charge in [0.15, 0.2) is 11.6 Å². The van der Waals surface area contributed by atoms with Crippen molar-refractivity contribution in [2.24, 2.45) is 0 Å². The van der Waals surface area contributed by atoms with Crippen LogP contribution in [-0.4, -0.2) is 49.7 Å². The number of aromatic nitrogens is 1. The lowest BCUT2D eigenvalue weighted by atomic mass is 9.73. The highest BCUT2D eigenvalue weighted by Gasteiger charge is 2.62. The molecule has 1 aromatic carbocycles. The average Bonchev–Trinajstić information content (AvgIpc) is 3.58. The Bertz CT molecular complexity index is 1160. The molecule has 186 valence electrons. The summed E-state index contributed by atoms with van der Waals surface area (Å²) in [5.74, 6) is -0.181. The van der Waals surface area contributed by atoms with E-state index in [1.54, 1.807) is 31.3 Å². The van der Waals surface area contributed by atoms with E-state index in [9.17, 15) is 18.7 Å². The molecule has 2 aromatic rings. The molecule has 0 unspecified atom stereocenters. The molecule has 3 aliphatic rings. The van der Waals surface area contributed by atoms with E-state index in [0.717, 1.165) is 16.3 Å². The Hall–Kier alpha value is -2.82. The summed E-state index contributed by atoms with van der Waals surface area (Å²) >= 11 is 6.73. The van der Waals surface area contributed by atoms with Crippen LogP contribution in [0.2, 0.25) is 5.02 Å². The Labute approximate surface area is 205 Å². The van der Waals surface area contributed by atoms with E-state index in [1.165, 1.54) is 12.8 Å². The predicted octanol–water partition coefficient (Wildman–Crippen LogP) is 3.81. The van der Waals surface area contributed by atoms with Gasteiger partial charge in [0.25, 0.3) is 0 Å².